The number of furan rings is 1. The first-order valence-corrected chi connectivity index (χ1v) is 11.0. The Kier molecular flexibility index (Phi) is 5.60. The molecule has 0 atom stereocenters. The van der Waals surface area contributed by atoms with Crippen LogP contribution < -0.4 is 4.74 Å². The topological polar surface area (TPSA) is 49.2 Å². The lowest BCUT2D eigenvalue weighted by molar-refractivity contribution is -0.135. The third-order valence-electron chi connectivity index (χ3n) is 6.37. The van der Waals surface area contributed by atoms with E-state index in [1.165, 1.54) is 25.9 Å². The predicted molar refractivity (Wildman–Crippen MR) is 118 cm³/mol. The summed E-state index contributed by atoms with van der Waals surface area (Å²) in [5, 5.41) is 2.08. The number of para-hydroxylation sites is 1. The Morgan fingerprint density at radius 1 is 0.833 bits per heavy atom. The van der Waals surface area contributed by atoms with Crippen molar-refractivity contribution < 1.29 is 13.9 Å². The molecule has 30 heavy (non-hydrogen) atoms. The lowest BCUT2D eigenvalue weighted by Gasteiger charge is -2.35. The molecule has 0 radical (unpaired) electrons. The van der Waals surface area contributed by atoms with Crippen molar-refractivity contribution >= 4 is 27.8 Å². The molecule has 0 unspecified atom stereocenters. The quantitative estimate of drug-likeness (QED) is 0.628. The second-order valence-corrected chi connectivity index (χ2v) is 8.32. The molecule has 2 aliphatic heterocycles. The molecular weight excluding hydrogens is 378 g/mol. The van der Waals surface area contributed by atoms with Crippen molar-refractivity contribution in [2.24, 2.45) is 0 Å². The van der Waals surface area contributed by atoms with Crippen LogP contribution in [0.15, 0.2) is 46.9 Å². The lowest BCUT2D eigenvalue weighted by atomic mass is 10.1. The molecule has 2 saturated heterocycles. The monoisotopic (exact) mass is 407 g/mol. The molecule has 0 aliphatic carbocycles. The van der Waals surface area contributed by atoms with E-state index in [0.717, 1.165) is 61.2 Å². The van der Waals surface area contributed by atoms with Gasteiger partial charge in [0.2, 0.25) is 0 Å². The maximum Gasteiger partial charge on any atom is 0.260 e. The number of rotatable bonds is 6. The summed E-state index contributed by atoms with van der Waals surface area (Å²) in [6.45, 7) is 8.31. The van der Waals surface area contributed by atoms with Gasteiger partial charge in [0.15, 0.2) is 6.61 Å². The lowest BCUT2D eigenvalue weighted by Crippen LogP contribution is -2.51. The van der Waals surface area contributed by atoms with Gasteiger partial charge in [0.05, 0.1) is 0 Å². The van der Waals surface area contributed by atoms with E-state index < -0.39 is 0 Å². The number of fused-ring (bicyclic) bond motifs is 3. The zero-order chi connectivity index (χ0) is 20.3. The second kappa shape index (κ2) is 8.66. The van der Waals surface area contributed by atoms with Gasteiger partial charge in [-0.2, -0.15) is 0 Å². The molecule has 3 heterocycles. The van der Waals surface area contributed by atoms with Crippen LogP contribution >= 0.6 is 0 Å². The van der Waals surface area contributed by atoms with E-state index in [4.69, 9.17) is 9.15 Å². The first-order chi connectivity index (χ1) is 14.8. The molecule has 2 aliphatic rings. The summed E-state index contributed by atoms with van der Waals surface area (Å²) in [6, 6.07) is 13.7. The van der Waals surface area contributed by atoms with Crippen LogP contribution in [0.5, 0.6) is 5.75 Å². The van der Waals surface area contributed by atoms with Crippen LogP contribution in [0.25, 0.3) is 21.9 Å². The average Bonchev–Trinajstić information content (AvgIpc) is 3.44. The number of ether oxygens (including phenoxy) is 1. The van der Waals surface area contributed by atoms with Gasteiger partial charge >= 0.3 is 0 Å². The third-order valence-corrected chi connectivity index (χ3v) is 6.37. The Morgan fingerprint density at radius 3 is 2.33 bits per heavy atom. The molecule has 2 fully saturated rings. The Labute approximate surface area is 177 Å². The highest BCUT2D eigenvalue weighted by atomic mass is 16.5. The Bertz CT molecular complexity index is 1020. The molecule has 2 aromatic carbocycles. The third kappa shape index (κ3) is 4.16. The summed E-state index contributed by atoms with van der Waals surface area (Å²) in [5.41, 5.74) is 1.70. The average molecular weight is 408 g/mol. The van der Waals surface area contributed by atoms with Gasteiger partial charge in [-0.15, -0.1) is 0 Å². The van der Waals surface area contributed by atoms with E-state index in [0.29, 0.717) is 5.75 Å². The van der Waals surface area contributed by atoms with Crippen LogP contribution in [-0.2, 0) is 4.79 Å². The first kappa shape index (κ1) is 19.4. The van der Waals surface area contributed by atoms with Crippen LogP contribution in [0.4, 0.5) is 0 Å². The molecule has 0 saturated carbocycles. The summed E-state index contributed by atoms with van der Waals surface area (Å²) in [5.74, 6) is 0.762. The minimum atomic E-state index is 0.0614. The molecule has 6 nitrogen and oxygen atoms in total. The molecule has 6 heteroatoms. The SMILES string of the molecule is O=C(COc1ccc2oc3ccccc3c2c1)N1CCN(CCN2CCCC2)CC1. The molecule has 0 N–H and O–H groups in total. The number of nitrogens with zero attached hydrogens (tertiary/aromatic N) is 3. The number of amides is 1. The van der Waals surface area contributed by atoms with E-state index in [1.807, 2.05) is 47.4 Å². The van der Waals surface area contributed by atoms with Gasteiger partial charge in [-0.3, -0.25) is 9.69 Å². The van der Waals surface area contributed by atoms with Gasteiger partial charge in [-0.05, 0) is 50.2 Å². The molecule has 1 amide bonds. The number of piperazine rings is 1. The fourth-order valence-corrected chi connectivity index (χ4v) is 4.54. The second-order valence-electron chi connectivity index (χ2n) is 8.32. The summed E-state index contributed by atoms with van der Waals surface area (Å²) in [6.07, 6.45) is 2.68. The summed E-state index contributed by atoms with van der Waals surface area (Å²) < 4.78 is 11.7. The molecule has 3 aromatic rings. The first-order valence-electron chi connectivity index (χ1n) is 11.0. The minimum absolute atomic E-state index is 0.0614. The number of likely N-dealkylation sites (tertiary alicyclic amines) is 1. The van der Waals surface area contributed by atoms with Crippen LogP contribution in [0, 0.1) is 0 Å². The van der Waals surface area contributed by atoms with E-state index in [-0.39, 0.29) is 12.5 Å². The summed E-state index contributed by atoms with van der Waals surface area (Å²) >= 11 is 0. The molecular formula is C24H29N3O3. The van der Waals surface area contributed by atoms with Crippen LogP contribution in [-0.4, -0.2) is 79.6 Å². The molecule has 158 valence electrons. The molecule has 1 aromatic heterocycles. The van der Waals surface area contributed by atoms with Crippen molar-refractivity contribution in [1.29, 1.82) is 0 Å². The maximum atomic E-state index is 12.6. The van der Waals surface area contributed by atoms with Crippen molar-refractivity contribution in [2.75, 3.05) is 59.0 Å². The zero-order valence-corrected chi connectivity index (χ0v) is 17.4. The van der Waals surface area contributed by atoms with E-state index in [9.17, 15) is 4.79 Å². The van der Waals surface area contributed by atoms with Gasteiger partial charge in [0, 0.05) is 50.0 Å². The Morgan fingerprint density at radius 2 is 1.53 bits per heavy atom. The van der Waals surface area contributed by atoms with Gasteiger partial charge in [-0.1, -0.05) is 18.2 Å². The number of carbonyl (C=O) groups is 1. The number of hydrogen-bond donors (Lipinski definition) is 0. The minimum Gasteiger partial charge on any atom is -0.484 e. The van der Waals surface area contributed by atoms with Gasteiger partial charge in [-0.25, -0.2) is 0 Å². The molecule has 5 rings (SSSR count). The van der Waals surface area contributed by atoms with Crippen LogP contribution in [0.3, 0.4) is 0 Å². The predicted octanol–water partition coefficient (Wildman–Crippen LogP) is 3.20. The fraction of sp³-hybridized carbons (Fsp3) is 0.458. The maximum absolute atomic E-state index is 12.6. The number of benzene rings is 2. The van der Waals surface area contributed by atoms with Crippen LogP contribution in [0.2, 0.25) is 0 Å². The fourth-order valence-electron chi connectivity index (χ4n) is 4.54. The van der Waals surface area contributed by atoms with Crippen molar-refractivity contribution in [2.45, 2.75) is 12.8 Å². The standard InChI is InChI=1S/C24H29N3O3/c28-24(27-15-13-26(14-16-27)12-11-25-9-3-4-10-25)18-29-19-7-8-23-21(17-19)20-5-1-2-6-22(20)30-23/h1-2,5-8,17H,3-4,9-16,18H2. The van der Waals surface area contributed by atoms with Crippen molar-refractivity contribution in [3.8, 4) is 5.75 Å². The molecule has 0 bridgehead atoms. The number of hydrogen-bond acceptors (Lipinski definition) is 5. The zero-order valence-electron chi connectivity index (χ0n) is 17.4. The molecule has 0 spiro atoms. The Balaban J connectivity index is 1.12. The van der Waals surface area contributed by atoms with Crippen molar-refractivity contribution in [3.05, 3.63) is 42.5 Å². The smallest absolute Gasteiger partial charge is 0.260 e. The largest absolute Gasteiger partial charge is 0.484 e. The van der Waals surface area contributed by atoms with Crippen LogP contribution in [0.1, 0.15) is 12.8 Å². The highest BCUT2D eigenvalue weighted by molar-refractivity contribution is 6.05. The normalized spacial score (nSPS) is 18.5. The summed E-state index contributed by atoms with van der Waals surface area (Å²) in [7, 11) is 0. The number of carbonyl (C=O) groups excluding carboxylic acids is 1. The van der Waals surface area contributed by atoms with E-state index >= 15 is 0 Å². The van der Waals surface area contributed by atoms with E-state index in [2.05, 4.69) is 9.80 Å². The highest BCUT2D eigenvalue weighted by Gasteiger charge is 2.22. The summed E-state index contributed by atoms with van der Waals surface area (Å²) in [4.78, 5) is 19.6. The van der Waals surface area contributed by atoms with Gasteiger partial charge in [0.1, 0.15) is 16.9 Å². The van der Waals surface area contributed by atoms with Gasteiger partial charge < -0.3 is 19.0 Å². The van der Waals surface area contributed by atoms with Crippen molar-refractivity contribution in [1.82, 2.24) is 14.7 Å². The van der Waals surface area contributed by atoms with Gasteiger partial charge in [0.25, 0.3) is 5.91 Å². The van der Waals surface area contributed by atoms with E-state index in [1.54, 1.807) is 0 Å². The van der Waals surface area contributed by atoms with Crippen molar-refractivity contribution in [3.63, 3.8) is 0 Å². The Hall–Kier alpha value is -2.57. The highest BCUT2D eigenvalue weighted by Crippen LogP contribution is 2.31.